The summed E-state index contributed by atoms with van der Waals surface area (Å²) in [6.07, 6.45) is 4.42. The van der Waals surface area contributed by atoms with Gasteiger partial charge in [-0.25, -0.2) is 9.97 Å². The van der Waals surface area contributed by atoms with E-state index < -0.39 is 0 Å². The second kappa shape index (κ2) is 7.65. The summed E-state index contributed by atoms with van der Waals surface area (Å²) in [5.74, 6) is -0.264. The van der Waals surface area contributed by atoms with Crippen LogP contribution in [0.4, 0.5) is 0 Å². The first kappa shape index (κ1) is 16.8. The molecule has 1 aromatic carbocycles. The van der Waals surface area contributed by atoms with Crippen molar-refractivity contribution in [1.29, 1.82) is 0 Å². The maximum Gasteiger partial charge on any atom is 0.240 e. The Labute approximate surface area is 145 Å². The molecule has 1 fully saturated rings. The van der Waals surface area contributed by atoms with E-state index in [1.165, 1.54) is 0 Å². The van der Waals surface area contributed by atoms with Crippen molar-refractivity contribution in [2.75, 3.05) is 13.1 Å². The van der Waals surface area contributed by atoms with Crippen LogP contribution >= 0.6 is 0 Å². The molecular weight excluding hydrogens is 320 g/mol. The SMILES string of the molecule is O=C(CN1C(=O)CCC1=O)NCCc1cnc(-c2ccccc2)nc1. The highest BCUT2D eigenvalue weighted by molar-refractivity contribution is 6.04. The van der Waals surface area contributed by atoms with Gasteiger partial charge < -0.3 is 5.32 Å². The summed E-state index contributed by atoms with van der Waals surface area (Å²) in [7, 11) is 0. The van der Waals surface area contributed by atoms with Gasteiger partial charge >= 0.3 is 0 Å². The molecule has 1 aliphatic heterocycles. The summed E-state index contributed by atoms with van der Waals surface area (Å²) < 4.78 is 0. The summed E-state index contributed by atoms with van der Waals surface area (Å²) in [5.41, 5.74) is 1.84. The molecule has 0 spiro atoms. The van der Waals surface area contributed by atoms with Crippen molar-refractivity contribution in [2.24, 2.45) is 0 Å². The van der Waals surface area contributed by atoms with Gasteiger partial charge in [0.2, 0.25) is 17.7 Å². The highest BCUT2D eigenvalue weighted by Crippen LogP contribution is 2.13. The van der Waals surface area contributed by atoms with Crippen molar-refractivity contribution in [1.82, 2.24) is 20.2 Å². The Bertz CT molecular complexity index is 759. The molecule has 3 rings (SSSR count). The maximum absolute atomic E-state index is 11.8. The number of carbonyl (C=O) groups excluding carboxylic acids is 3. The number of likely N-dealkylation sites (tertiary alicyclic amines) is 1. The second-order valence-electron chi connectivity index (χ2n) is 5.75. The lowest BCUT2D eigenvalue weighted by Gasteiger charge is -2.13. The molecule has 7 nitrogen and oxygen atoms in total. The lowest BCUT2D eigenvalue weighted by molar-refractivity contribution is -0.142. The van der Waals surface area contributed by atoms with Crippen LogP contribution in [0.15, 0.2) is 42.7 Å². The van der Waals surface area contributed by atoms with Gasteiger partial charge in [-0.1, -0.05) is 30.3 Å². The Morgan fingerprint density at radius 3 is 2.32 bits per heavy atom. The maximum atomic E-state index is 11.8. The molecule has 1 saturated heterocycles. The van der Waals surface area contributed by atoms with E-state index in [9.17, 15) is 14.4 Å². The highest BCUT2D eigenvalue weighted by atomic mass is 16.2. The number of aromatic nitrogens is 2. The number of nitrogens with one attached hydrogen (secondary N) is 1. The first-order valence-electron chi connectivity index (χ1n) is 8.10. The summed E-state index contributed by atoms with van der Waals surface area (Å²) >= 11 is 0. The van der Waals surface area contributed by atoms with E-state index in [2.05, 4.69) is 15.3 Å². The molecule has 0 bridgehead atoms. The number of hydrogen-bond acceptors (Lipinski definition) is 5. The molecule has 3 amide bonds. The zero-order chi connectivity index (χ0) is 17.6. The summed E-state index contributed by atoms with van der Waals surface area (Å²) in [6, 6.07) is 9.67. The third-order valence-electron chi connectivity index (χ3n) is 3.93. The molecule has 128 valence electrons. The van der Waals surface area contributed by atoms with Crippen LogP contribution in [0.3, 0.4) is 0 Å². The molecule has 2 aromatic rings. The van der Waals surface area contributed by atoms with E-state index in [1.54, 1.807) is 12.4 Å². The molecule has 0 unspecified atom stereocenters. The number of nitrogens with zero attached hydrogens (tertiary/aromatic N) is 3. The molecule has 1 N–H and O–H groups in total. The summed E-state index contributed by atoms with van der Waals surface area (Å²) in [6.45, 7) is 0.185. The van der Waals surface area contributed by atoms with Gasteiger partial charge in [0.1, 0.15) is 6.54 Å². The van der Waals surface area contributed by atoms with Crippen LogP contribution in [0.5, 0.6) is 0 Å². The minimum atomic E-state index is -0.342. The fourth-order valence-corrected chi connectivity index (χ4v) is 2.57. The molecular formula is C18H18N4O3. The molecule has 7 heteroatoms. The van der Waals surface area contributed by atoms with Crippen LogP contribution in [-0.4, -0.2) is 45.7 Å². The Hall–Kier alpha value is -3.09. The van der Waals surface area contributed by atoms with Crippen LogP contribution in [0.1, 0.15) is 18.4 Å². The van der Waals surface area contributed by atoms with Crippen molar-refractivity contribution in [3.8, 4) is 11.4 Å². The van der Waals surface area contributed by atoms with Gasteiger partial charge in [0, 0.05) is 37.3 Å². The lowest BCUT2D eigenvalue weighted by Crippen LogP contribution is -2.40. The van der Waals surface area contributed by atoms with Crippen molar-refractivity contribution in [3.05, 3.63) is 48.3 Å². The van der Waals surface area contributed by atoms with Crippen molar-refractivity contribution in [2.45, 2.75) is 19.3 Å². The van der Waals surface area contributed by atoms with Gasteiger partial charge in [0.25, 0.3) is 0 Å². The number of imide groups is 1. The number of rotatable bonds is 6. The van der Waals surface area contributed by atoms with E-state index in [4.69, 9.17) is 0 Å². The zero-order valence-electron chi connectivity index (χ0n) is 13.6. The molecule has 0 aliphatic carbocycles. The Morgan fingerprint density at radius 1 is 1.04 bits per heavy atom. The minimum absolute atomic E-state index is 0.192. The Morgan fingerprint density at radius 2 is 1.68 bits per heavy atom. The van der Waals surface area contributed by atoms with E-state index in [0.29, 0.717) is 18.8 Å². The first-order valence-corrected chi connectivity index (χ1v) is 8.10. The van der Waals surface area contributed by atoms with Crippen LogP contribution < -0.4 is 5.32 Å². The normalized spacial score (nSPS) is 14.0. The summed E-state index contributed by atoms with van der Waals surface area (Å²) in [5, 5.41) is 2.70. The monoisotopic (exact) mass is 338 g/mol. The largest absolute Gasteiger partial charge is 0.354 e. The molecule has 1 aromatic heterocycles. The average Bonchev–Trinajstić information content (AvgIpc) is 2.95. The number of carbonyl (C=O) groups is 3. The van der Waals surface area contributed by atoms with Crippen molar-refractivity contribution in [3.63, 3.8) is 0 Å². The predicted octanol–water partition coefficient (Wildman–Crippen LogP) is 0.951. The Balaban J connectivity index is 1.46. The topological polar surface area (TPSA) is 92.3 Å². The smallest absolute Gasteiger partial charge is 0.240 e. The van der Waals surface area contributed by atoms with Gasteiger partial charge in [0.05, 0.1) is 0 Å². The van der Waals surface area contributed by atoms with Crippen LogP contribution in [-0.2, 0) is 20.8 Å². The second-order valence-corrected chi connectivity index (χ2v) is 5.75. The molecule has 0 saturated carbocycles. The molecule has 0 radical (unpaired) electrons. The average molecular weight is 338 g/mol. The Kier molecular flexibility index (Phi) is 5.13. The van der Waals surface area contributed by atoms with E-state index in [0.717, 1.165) is 16.0 Å². The van der Waals surface area contributed by atoms with Crippen LogP contribution in [0.25, 0.3) is 11.4 Å². The third-order valence-corrected chi connectivity index (χ3v) is 3.93. The van der Waals surface area contributed by atoms with Crippen molar-refractivity contribution < 1.29 is 14.4 Å². The van der Waals surface area contributed by atoms with E-state index in [-0.39, 0.29) is 37.1 Å². The zero-order valence-corrected chi connectivity index (χ0v) is 13.6. The van der Waals surface area contributed by atoms with Crippen LogP contribution in [0.2, 0.25) is 0 Å². The highest BCUT2D eigenvalue weighted by Gasteiger charge is 2.30. The van der Waals surface area contributed by atoms with Crippen molar-refractivity contribution >= 4 is 17.7 Å². The number of benzene rings is 1. The van der Waals surface area contributed by atoms with Gasteiger partial charge in [-0.15, -0.1) is 0 Å². The van der Waals surface area contributed by atoms with Gasteiger partial charge in [0.15, 0.2) is 5.82 Å². The number of amides is 3. The molecule has 0 atom stereocenters. The molecule has 25 heavy (non-hydrogen) atoms. The van der Waals surface area contributed by atoms with E-state index >= 15 is 0 Å². The van der Waals surface area contributed by atoms with E-state index in [1.807, 2.05) is 30.3 Å². The summed E-state index contributed by atoms with van der Waals surface area (Å²) in [4.78, 5) is 44.4. The van der Waals surface area contributed by atoms with Crippen LogP contribution in [0, 0.1) is 0 Å². The van der Waals surface area contributed by atoms with Gasteiger partial charge in [-0.05, 0) is 12.0 Å². The van der Waals surface area contributed by atoms with Gasteiger partial charge in [-0.3, -0.25) is 19.3 Å². The molecule has 1 aliphatic rings. The third kappa shape index (κ3) is 4.26. The first-order chi connectivity index (χ1) is 12.1. The number of hydrogen-bond donors (Lipinski definition) is 1. The lowest BCUT2D eigenvalue weighted by atomic mass is 10.2. The standard InChI is InChI=1S/C18H18N4O3/c23-15(12-22-16(24)6-7-17(22)25)19-9-8-13-10-20-18(21-11-13)14-4-2-1-3-5-14/h1-5,10-11H,6-9,12H2,(H,19,23). The minimum Gasteiger partial charge on any atom is -0.354 e. The fraction of sp³-hybridized carbons (Fsp3) is 0.278. The fourth-order valence-electron chi connectivity index (χ4n) is 2.57. The predicted molar refractivity (Wildman–Crippen MR) is 90.1 cm³/mol. The quantitative estimate of drug-likeness (QED) is 0.792. The van der Waals surface area contributed by atoms with Gasteiger partial charge in [-0.2, -0.15) is 0 Å². The molecule has 2 heterocycles.